The molecule has 0 aliphatic carbocycles. The summed E-state index contributed by atoms with van der Waals surface area (Å²) in [5.41, 5.74) is 1.53. The molecule has 0 saturated heterocycles. The number of halogens is 1. The maximum absolute atomic E-state index is 12.1. The van der Waals surface area contributed by atoms with Crippen LogP contribution in [0.4, 0.5) is 0 Å². The molecule has 0 amide bonds. The zero-order chi connectivity index (χ0) is 14.7. The van der Waals surface area contributed by atoms with Crippen LogP contribution in [0.3, 0.4) is 0 Å². The van der Waals surface area contributed by atoms with Gasteiger partial charge in [0.1, 0.15) is 5.75 Å². The van der Waals surface area contributed by atoms with Crippen LogP contribution in [0.25, 0.3) is 0 Å². The van der Waals surface area contributed by atoms with Crippen LogP contribution < -0.4 is 0 Å². The van der Waals surface area contributed by atoms with E-state index >= 15 is 0 Å². The van der Waals surface area contributed by atoms with Crippen molar-refractivity contribution in [2.24, 2.45) is 0 Å². The molecule has 0 atom stereocenters. The first kappa shape index (κ1) is 14.5. The standard InChI is InChI=1S/C16H13BrO3/c1-10-4-2-3-5-12(10)15(19)9-16(20)13-8-11(17)6-7-14(13)18/h2-8,18H,9H2,1H3. The van der Waals surface area contributed by atoms with Crippen LogP contribution in [0, 0.1) is 6.92 Å². The van der Waals surface area contributed by atoms with Crippen LogP contribution in [-0.4, -0.2) is 16.7 Å². The van der Waals surface area contributed by atoms with Gasteiger partial charge in [-0.2, -0.15) is 0 Å². The van der Waals surface area contributed by atoms with E-state index in [0.717, 1.165) is 5.56 Å². The van der Waals surface area contributed by atoms with Crippen molar-refractivity contribution in [3.63, 3.8) is 0 Å². The van der Waals surface area contributed by atoms with Crippen molar-refractivity contribution in [1.29, 1.82) is 0 Å². The van der Waals surface area contributed by atoms with Crippen LogP contribution in [0.2, 0.25) is 0 Å². The molecule has 0 saturated carbocycles. The number of rotatable bonds is 4. The van der Waals surface area contributed by atoms with Gasteiger partial charge >= 0.3 is 0 Å². The first-order chi connectivity index (χ1) is 9.49. The highest BCUT2D eigenvalue weighted by molar-refractivity contribution is 9.10. The summed E-state index contributed by atoms with van der Waals surface area (Å²) in [7, 11) is 0. The number of Topliss-reactive ketones (excluding diaryl/α,β-unsaturated/α-hetero) is 2. The maximum atomic E-state index is 12.1. The summed E-state index contributed by atoms with van der Waals surface area (Å²) >= 11 is 3.24. The van der Waals surface area contributed by atoms with Crippen molar-refractivity contribution < 1.29 is 14.7 Å². The van der Waals surface area contributed by atoms with Crippen molar-refractivity contribution in [2.45, 2.75) is 13.3 Å². The normalized spacial score (nSPS) is 10.3. The molecular weight excluding hydrogens is 320 g/mol. The number of hydrogen-bond acceptors (Lipinski definition) is 3. The summed E-state index contributed by atoms with van der Waals surface area (Å²) < 4.78 is 0.682. The molecule has 3 nitrogen and oxygen atoms in total. The van der Waals surface area contributed by atoms with Gasteiger partial charge in [0.2, 0.25) is 0 Å². The highest BCUT2D eigenvalue weighted by Gasteiger charge is 2.17. The molecule has 0 fully saturated rings. The third-order valence-corrected chi connectivity index (χ3v) is 3.52. The maximum Gasteiger partial charge on any atom is 0.174 e. The fourth-order valence-corrected chi connectivity index (χ4v) is 2.31. The van der Waals surface area contributed by atoms with Crippen LogP contribution in [0.15, 0.2) is 46.9 Å². The highest BCUT2D eigenvalue weighted by Crippen LogP contribution is 2.24. The van der Waals surface area contributed by atoms with E-state index in [1.807, 2.05) is 19.1 Å². The van der Waals surface area contributed by atoms with Crippen molar-refractivity contribution in [2.75, 3.05) is 0 Å². The lowest BCUT2D eigenvalue weighted by Crippen LogP contribution is -2.10. The van der Waals surface area contributed by atoms with Crippen molar-refractivity contribution in [3.8, 4) is 5.75 Å². The Morgan fingerprint density at radius 1 is 1.05 bits per heavy atom. The molecule has 1 N–H and O–H groups in total. The molecule has 4 heteroatoms. The lowest BCUT2D eigenvalue weighted by Gasteiger charge is -2.06. The van der Waals surface area contributed by atoms with E-state index in [0.29, 0.717) is 10.0 Å². The number of hydrogen-bond donors (Lipinski definition) is 1. The molecule has 0 spiro atoms. The van der Waals surface area contributed by atoms with Gasteiger partial charge in [0.25, 0.3) is 0 Å². The average molecular weight is 333 g/mol. The SMILES string of the molecule is Cc1ccccc1C(=O)CC(=O)c1cc(Br)ccc1O. The average Bonchev–Trinajstić information content (AvgIpc) is 2.41. The molecule has 0 aliphatic heterocycles. The molecule has 0 aromatic heterocycles. The van der Waals surface area contributed by atoms with Crippen LogP contribution >= 0.6 is 15.9 Å². The minimum Gasteiger partial charge on any atom is -0.507 e. The van der Waals surface area contributed by atoms with Crippen molar-refractivity contribution in [1.82, 2.24) is 0 Å². The second-order valence-corrected chi connectivity index (χ2v) is 5.42. The molecule has 2 aromatic rings. The molecule has 2 aromatic carbocycles. The number of carbonyl (C=O) groups is 2. The molecular formula is C16H13BrO3. The molecule has 0 heterocycles. The number of ketones is 2. The van der Waals surface area contributed by atoms with E-state index in [9.17, 15) is 14.7 Å². The van der Waals surface area contributed by atoms with Crippen LogP contribution in [-0.2, 0) is 0 Å². The van der Waals surface area contributed by atoms with Gasteiger partial charge in [0, 0.05) is 10.0 Å². The molecule has 102 valence electrons. The summed E-state index contributed by atoms with van der Waals surface area (Å²) in [6.45, 7) is 1.83. The van der Waals surface area contributed by atoms with Gasteiger partial charge in [0.15, 0.2) is 11.6 Å². The Bertz CT molecular complexity index is 677. The summed E-state index contributed by atoms with van der Waals surface area (Å²) in [4.78, 5) is 24.2. The fraction of sp³-hybridized carbons (Fsp3) is 0.125. The zero-order valence-electron chi connectivity index (χ0n) is 10.9. The van der Waals surface area contributed by atoms with Gasteiger partial charge in [0.05, 0.1) is 12.0 Å². The number of benzene rings is 2. The Hall–Kier alpha value is -1.94. The third-order valence-electron chi connectivity index (χ3n) is 3.03. The minimum atomic E-state index is -0.392. The number of carbonyl (C=O) groups excluding carboxylic acids is 2. The molecule has 20 heavy (non-hydrogen) atoms. The van der Waals surface area contributed by atoms with Gasteiger partial charge < -0.3 is 5.11 Å². The zero-order valence-corrected chi connectivity index (χ0v) is 12.5. The monoisotopic (exact) mass is 332 g/mol. The van der Waals surface area contributed by atoms with Gasteiger partial charge in [-0.1, -0.05) is 40.2 Å². The summed E-state index contributed by atoms with van der Waals surface area (Å²) in [6, 6.07) is 11.7. The Labute approximate surface area is 125 Å². The summed E-state index contributed by atoms with van der Waals surface area (Å²) in [5.74, 6) is -0.750. The number of aromatic hydroxyl groups is 1. The number of phenolic OH excluding ortho intramolecular Hbond substituents is 1. The van der Waals surface area contributed by atoms with E-state index in [1.54, 1.807) is 18.2 Å². The molecule has 2 rings (SSSR count). The van der Waals surface area contributed by atoms with E-state index < -0.39 is 5.78 Å². The molecule has 0 bridgehead atoms. The quantitative estimate of drug-likeness (QED) is 0.682. The van der Waals surface area contributed by atoms with Crippen molar-refractivity contribution in [3.05, 3.63) is 63.6 Å². The lowest BCUT2D eigenvalue weighted by atomic mass is 9.98. The lowest BCUT2D eigenvalue weighted by molar-refractivity contribution is 0.0893. The number of phenols is 1. The van der Waals surface area contributed by atoms with Crippen LogP contribution in [0.5, 0.6) is 5.75 Å². The predicted molar refractivity (Wildman–Crippen MR) is 80.3 cm³/mol. The van der Waals surface area contributed by atoms with E-state index in [-0.39, 0.29) is 23.5 Å². The second kappa shape index (κ2) is 6.01. The predicted octanol–water partition coefficient (Wildman–Crippen LogP) is 3.92. The van der Waals surface area contributed by atoms with Gasteiger partial charge in [-0.25, -0.2) is 0 Å². The van der Waals surface area contributed by atoms with Gasteiger partial charge in [-0.3, -0.25) is 9.59 Å². The Morgan fingerprint density at radius 2 is 1.70 bits per heavy atom. The first-order valence-electron chi connectivity index (χ1n) is 6.09. The Kier molecular flexibility index (Phi) is 4.35. The van der Waals surface area contributed by atoms with Crippen molar-refractivity contribution >= 4 is 27.5 Å². The van der Waals surface area contributed by atoms with Crippen LogP contribution in [0.1, 0.15) is 32.7 Å². The topological polar surface area (TPSA) is 54.4 Å². The van der Waals surface area contributed by atoms with E-state index in [1.165, 1.54) is 12.1 Å². The summed E-state index contributed by atoms with van der Waals surface area (Å²) in [5, 5.41) is 9.69. The Morgan fingerprint density at radius 3 is 2.40 bits per heavy atom. The summed E-state index contributed by atoms with van der Waals surface area (Å²) in [6.07, 6.45) is -0.255. The second-order valence-electron chi connectivity index (χ2n) is 4.50. The number of aryl methyl sites for hydroxylation is 1. The minimum absolute atomic E-state index is 0.115. The highest BCUT2D eigenvalue weighted by atomic mass is 79.9. The molecule has 0 aliphatic rings. The van der Waals surface area contributed by atoms with E-state index in [2.05, 4.69) is 15.9 Å². The largest absolute Gasteiger partial charge is 0.507 e. The molecule has 0 unspecified atom stereocenters. The smallest absolute Gasteiger partial charge is 0.174 e. The third kappa shape index (κ3) is 3.14. The van der Waals surface area contributed by atoms with Gasteiger partial charge in [-0.15, -0.1) is 0 Å². The van der Waals surface area contributed by atoms with E-state index in [4.69, 9.17) is 0 Å². The van der Waals surface area contributed by atoms with Gasteiger partial charge in [-0.05, 0) is 30.7 Å². The Balaban J connectivity index is 2.22. The fourth-order valence-electron chi connectivity index (χ4n) is 1.95. The molecule has 0 radical (unpaired) electrons. The first-order valence-corrected chi connectivity index (χ1v) is 6.89.